The maximum atomic E-state index is 14.0. The average molecular weight is 768 g/mol. The first-order chi connectivity index (χ1) is 26.3. The van der Waals surface area contributed by atoms with E-state index in [0.717, 1.165) is 65.0 Å². The summed E-state index contributed by atoms with van der Waals surface area (Å²) in [5.41, 5.74) is 6.23. The second-order valence-corrected chi connectivity index (χ2v) is 17.3. The van der Waals surface area contributed by atoms with Gasteiger partial charge in [-0.25, -0.2) is 14.6 Å². The van der Waals surface area contributed by atoms with Crippen molar-refractivity contribution in [3.8, 4) is 5.75 Å². The highest BCUT2D eigenvalue weighted by atomic mass is 32.3. The molecule has 3 N–H and O–H groups in total. The molecule has 4 heterocycles. The molecule has 0 bridgehead atoms. The van der Waals surface area contributed by atoms with Crippen molar-refractivity contribution in [1.29, 1.82) is 0 Å². The zero-order valence-corrected chi connectivity index (χ0v) is 33.7. The summed E-state index contributed by atoms with van der Waals surface area (Å²) in [6.07, 6.45) is 3.71. The van der Waals surface area contributed by atoms with Gasteiger partial charge in [-0.3, -0.25) is 13.9 Å². The first kappa shape index (κ1) is 38.7. The van der Waals surface area contributed by atoms with Gasteiger partial charge in [-0.1, -0.05) is 48.5 Å². The maximum absolute atomic E-state index is 14.0. The number of rotatable bonds is 10. The minimum absolute atomic E-state index is 0.217. The van der Waals surface area contributed by atoms with Crippen molar-refractivity contribution in [3.63, 3.8) is 0 Å². The van der Waals surface area contributed by atoms with Crippen LogP contribution < -0.4 is 15.0 Å². The summed E-state index contributed by atoms with van der Waals surface area (Å²) in [6.45, 7) is 17.1. The normalized spacial score (nSPS) is 19.0. The Morgan fingerprint density at radius 2 is 1.75 bits per heavy atom. The van der Waals surface area contributed by atoms with Gasteiger partial charge in [0.2, 0.25) is 5.95 Å². The minimum atomic E-state index is -3.36. The molecule has 1 saturated heterocycles. The third-order valence-corrected chi connectivity index (χ3v) is 13.1. The molecule has 5 aromatic rings. The number of nitrogens with one attached hydrogen (secondary N) is 1. The van der Waals surface area contributed by atoms with Gasteiger partial charge in [-0.15, -0.1) is 15.9 Å². The number of likely N-dealkylation sites (N-methyl/N-ethyl adjacent to an activating group) is 1. The number of carbonyl (C=O) groups excluding carboxylic acids is 1. The number of ether oxygens (including phenoxy) is 1. The van der Waals surface area contributed by atoms with E-state index in [0.29, 0.717) is 41.7 Å². The first-order valence-electron chi connectivity index (χ1n) is 19.1. The molecule has 1 fully saturated rings. The van der Waals surface area contributed by atoms with E-state index in [-0.39, 0.29) is 24.5 Å². The highest BCUT2D eigenvalue weighted by Gasteiger charge is 2.38. The number of nitrogens with zero attached hydrogens (tertiary/aromatic N) is 8. The highest BCUT2D eigenvalue weighted by Crippen LogP contribution is 2.57. The molecule has 0 aliphatic carbocycles. The zero-order valence-electron chi connectivity index (χ0n) is 32.9. The Balaban J connectivity index is 1.25. The molecular weight excluding hydrogens is 715 g/mol. The van der Waals surface area contributed by atoms with Crippen molar-refractivity contribution in [2.75, 3.05) is 44.7 Å². The Kier molecular flexibility index (Phi) is 10.9. The van der Waals surface area contributed by atoms with Crippen LogP contribution in [0.4, 0.5) is 5.95 Å². The van der Waals surface area contributed by atoms with Crippen LogP contribution in [0.1, 0.15) is 78.2 Å². The van der Waals surface area contributed by atoms with E-state index in [1.807, 2.05) is 45.4 Å². The van der Waals surface area contributed by atoms with Crippen LogP contribution >= 0.6 is 10.8 Å². The smallest absolute Gasteiger partial charge is 0.254 e. The highest BCUT2D eigenvalue weighted by molar-refractivity contribution is 8.22. The molecule has 292 valence electrons. The van der Waals surface area contributed by atoms with E-state index in [9.17, 15) is 13.9 Å². The van der Waals surface area contributed by atoms with Crippen LogP contribution in [0.3, 0.4) is 0 Å². The number of para-hydroxylation sites is 1. The molecule has 2 atom stereocenters. The lowest BCUT2D eigenvalue weighted by molar-refractivity contribution is 0.0905. The van der Waals surface area contributed by atoms with Crippen LogP contribution in [-0.2, 0) is 13.1 Å². The molecule has 7 rings (SSSR count). The van der Waals surface area contributed by atoms with Gasteiger partial charge >= 0.3 is 0 Å². The van der Waals surface area contributed by atoms with Crippen LogP contribution in [0.15, 0.2) is 71.9 Å². The topological polar surface area (TPSA) is 145 Å². The number of benzene rings is 3. The Bertz CT molecular complexity index is 2170. The summed E-state index contributed by atoms with van der Waals surface area (Å²) in [7, 11) is -1.26. The summed E-state index contributed by atoms with van der Waals surface area (Å²) in [6, 6.07) is 17.7. The van der Waals surface area contributed by atoms with Crippen molar-refractivity contribution < 1.29 is 18.6 Å². The van der Waals surface area contributed by atoms with Crippen LogP contribution in [0, 0.1) is 13.8 Å². The fraction of sp³-hybridized carbons (Fsp3) is 0.439. The van der Waals surface area contributed by atoms with E-state index in [4.69, 9.17) is 4.74 Å². The molecular formula is C41H53N9O4S. The van der Waals surface area contributed by atoms with Crippen molar-refractivity contribution in [2.24, 2.45) is 0 Å². The summed E-state index contributed by atoms with van der Waals surface area (Å²) in [5.74, 6) is 0.518. The predicted molar refractivity (Wildman–Crippen MR) is 217 cm³/mol. The van der Waals surface area contributed by atoms with Gasteiger partial charge in [0.25, 0.3) is 5.91 Å². The number of carbonyl (C=O) groups is 1. The predicted octanol–water partition coefficient (Wildman–Crippen LogP) is 6.65. The molecule has 3 aromatic carbocycles. The molecule has 1 amide bonds. The number of piperazine rings is 1. The number of hydrogen-bond donors (Lipinski definition) is 3. The number of fused-ring (bicyclic) bond motifs is 2. The second-order valence-electron chi connectivity index (χ2n) is 15.3. The van der Waals surface area contributed by atoms with Crippen molar-refractivity contribution in [1.82, 2.24) is 39.5 Å². The Morgan fingerprint density at radius 3 is 2.45 bits per heavy atom. The molecule has 0 radical (unpaired) electrons. The van der Waals surface area contributed by atoms with Crippen LogP contribution in [-0.4, -0.2) is 101 Å². The van der Waals surface area contributed by atoms with Crippen molar-refractivity contribution in [3.05, 3.63) is 100 Å². The maximum Gasteiger partial charge on any atom is 0.254 e. The monoisotopic (exact) mass is 767 g/mol. The summed E-state index contributed by atoms with van der Waals surface area (Å²) in [5, 5.41) is 12.3. The molecule has 0 saturated carbocycles. The SMILES string of the molecule is CC[C@@H]1CN(Cc2cc([C@@H](c3ccc4c(nnn4CC)c3C)C(C)(C)NC(=O)c3cnc(N4CCN(C)CC4)nc3)ccc2C)S(O)(O)c2ccccc2O1. The van der Waals surface area contributed by atoms with Gasteiger partial charge in [0.15, 0.2) is 0 Å². The van der Waals surface area contributed by atoms with Crippen molar-refractivity contribution in [2.45, 2.75) is 83.5 Å². The second kappa shape index (κ2) is 15.5. The molecule has 2 aromatic heterocycles. The van der Waals surface area contributed by atoms with E-state index in [1.54, 1.807) is 34.9 Å². The van der Waals surface area contributed by atoms with Gasteiger partial charge in [-0.2, -0.15) is 4.31 Å². The lowest BCUT2D eigenvalue weighted by Crippen LogP contribution is -2.48. The number of aryl methyl sites for hydroxylation is 3. The van der Waals surface area contributed by atoms with E-state index >= 15 is 0 Å². The van der Waals surface area contributed by atoms with E-state index < -0.39 is 16.3 Å². The van der Waals surface area contributed by atoms with Gasteiger partial charge < -0.3 is 19.9 Å². The summed E-state index contributed by atoms with van der Waals surface area (Å²) >= 11 is 0. The molecule has 0 unspecified atom stereocenters. The largest absolute Gasteiger partial charge is 0.487 e. The van der Waals surface area contributed by atoms with Gasteiger partial charge in [0.1, 0.15) is 22.3 Å². The van der Waals surface area contributed by atoms with Crippen LogP contribution in [0.2, 0.25) is 0 Å². The molecule has 2 aliphatic heterocycles. The third-order valence-electron chi connectivity index (χ3n) is 11.2. The van der Waals surface area contributed by atoms with E-state index in [2.05, 4.69) is 79.7 Å². The number of anilines is 1. The molecule has 55 heavy (non-hydrogen) atoms. The Hall–Kier alpha value is -4.60. The zero-order chi connectivity index (χ0) is 39.1. The molecule has 2 aliphatic rings. The summed E-state index contributed by atoms with van der Waals surface area (Å²) < 4.78 is 33.5. The average Bonchev–Trinajstić information content (AvgIpc) is 3.56. The van der Waals surface area contributed by atoms with Crippen LogP contribution in [0.5, 0.6) is 5.75 Å². The molecule has 0 spiro atoms. The van der Waals surface area contributed by atoms with Gasteiger partial charge in [0, 0.05) is 63.1 Å². The standard InChI is InChI=1S/C41H53N9O4S/c1-8-32-26-49(55(52,53)36-13-11-10-12-35(36)54-32)25-30-22-29(15-14-27(30)3)37(33-16-17-34-38(28(33)4)45-46-50(34)9-2)41(5,6)44-39(51)31-23-42-40(43-24-31)48-20-18-47(7)19-21-48/h10-17,22-24,32,37,52-53H,8-9,18-21,25-26H2,1-7H3,(H,44,51)/t32-,37+/m1/s1. The lowest BCUT2D eigenvalue weighted by Gasteiger charge is -2.42. The summed E-state index contributed by atoms with van der Waals surface area (Å²) in [4.78, 5) is 28.0. The van der Waals surface area contributed by atoms with Gasteiger partial charge in [0.05, 0.1) is 17.6 Å². The fourth-order valence-electron chi connectivity index (χ4n) is 7.82. The number of amides is 1. The molecule has 14 heteroatoms. The third kappa shape index (κ3) is 7.66. The van der Waals surface area contributed by atoms with Gasteiger partial charge in [-0.05, 0) is 94.1 Å². The number of aromatic nitrogens is 5. The Labute approximate surface area is 325 Å². The van der Waals surface area contributed by atoms with Crippen LogP contribution in [0.25, 0.3) is 11.0 Å². The first-order valence-corrected chi connectivity index (χ1v) is 20.6. The fourth-order valence-corrected chi connectivity index (χ4v) is 9.44. The molecule has 13 nitrogen and oxygen atoms in total. The minimum Gasteiger partial charge on any atom is -0.487 e. The Morgan fingerprint density at radius 1 is 1.02 bits per heavy atom. The quantitative estimate of drug-likeness (QED) is 0.141. The van der Waals surface area contributed by atoms with E-state index in [1.165, 1.54) is 0 Å². The number of hydrogen-bond acceptors (Lipinski definition) is 11. The van der Waals surface area contributed by atoms with Crippen molar-refractivity contribution >= 4 is 33.7 Å². The lowest BCUT2D eigenvalue weighted by atomic mass is 9.74.